The average molecular weight is 332 g/mol. The van der Waals surface area contributed by atoms with Crippen molar-refractivity contribution in [3.63, 3.8) is 0 Å². The molecule has 0 aromatic heterocycles. The third kappa shape index (κ3) is 2.69. The van der Waals surface area contributed by atoms with E-state index in [1.54, 1.807) is 16.8 Å². The van der Waals surface area contributed by atoms with Crippen LogP contribution in [-0.4, -0.2) is 67.3 Å². The van der Waals surface area contributed by atoms with Crippen LogP contribution in [0.3, 0.4) is 0 Å². The van der Waals surface area contributed by atoms with Gasteiger partial charge in [0.1, 0.15) is 0 Å². The van der Waals surface area contributed by atoms with Gasteiger partial charge < -0.3 is 24.0 Å². The van der Waals surface area contributed by atoms with Gasteiger partial charge in [-0.05, 0) is 17.7 Å². The Morgan fingerprint density at radius 2 is 2.08 bits per heavy atom. The second-order valence-corrected chi connectivity index (χ2v) is 6.39. The molecule has 0 unspecified atom stereocenters. The SMILES string of the molecule is CN1C(=O)CCO[C@H]2CN(C(=O)Cc3ccc4c(c3)OCO4)C[C@@H]21. The summed E-state index contributed by atoms with van der Waals surface area (Å²) in [4.78, 5) is 28.1. The van der Waals surface area contributed by atoms with Gasteiger partial charge in [-0.25, -0.2) is 0 Å². The molecule has 7 nitrogen and oxygen atoms in total. The highest BCUT2D eigenvalue weighted by Gasteiger charge is 2.41. The topological polar surface area (TPSA) is 68.3 Å². The van der Waals surface area contributed by atoms with E-state index < -0.39 is 0 Å². The number of amides is 2. The molecule has 24 heavy (non-hydrogen) atoms. The number of benzene rings is 1. The van der Waals surface area contributed by atoms with Crippen LogP contribution in [0.5, 0.6) is 11.5 Å². The molecule has 4 rings (SSSR count). The molecular weight excluding hydrogens is 312 g/mol. The van der Waals surface area contributed by atoms with Crippen molar-refractivity contribution in [2.24, 2.45) is 0 Å². The van der Waals surface area contributed by atoms with Crippen LogP contribution < -0.4 is 9.47 Å². The van der Waals surface area contributed by atoms with E-state index in [9.17, 15) is 9.59 Å². The second-order valence-electron chi connectivity index (χ2n) is 6.39. The molecule has 0 spiro atoms. The Labute approximate surface area is 140 Å². The van der Waals surface area contributed by atoms with E-state index in [4.69, 9.17) is 14.2 Å². The molecule has 1 aromatic rings. The number of hydrogen-bond donors (Lipinski definition) is 0. The number of ether oxygens (including phenoxy) is 3. The van der Waals surface area contributed by atoms with Gasteiger partial charge >= 0.3 is 0 Å². The summed E-state index contributed by atoms with van der Waals surface area (Å²) in [5.41, 5.74) is 0.890. The Morgan fingerprint density at radius 3 is 2.96 bits per heavy atom. The summed E-state index contributed by atoms with van der Waals surface area (Å²) in [5, 5.41) is 0. The summed E-state index contributed by atoms with van der Waals surface area (Å²) in [6, 6.07) is 5.50. The molecular formula is C17H20N2O5. The van der Waals surface area contributed by atoms with Crippen molar-refractivity contribution in [1.29, 1.82) is 0 Å². The van der Waals surface area contributed by atoms with Crippen LogP contribution in [0.25, 0.3) is 0 Å². The van der Waals surface area contributed by atoms with Crippen LogP contribution >= 0.6 is 0 Å². The third-order valence-electron chi connectivity index (χ3n) is 4.92. The minimum Gasteiger partial charge on any atom is -0.454 e. The smallest absolute Gasteiger partial charge is 0.231 e. The lowest BCUT2D eigenvalue weighted by Gasteiger charge is -2.25. The van der Waals surface area contributed by atoms with Crippen LogP contribution in [0.15, 0.2) is 18.2 Å². The fourth-order valence-corrected chi connectivity index (χ4v) is 3.49. The van der Waals surface area contributed by atoms with Crippen LogP contribution in [0, 0.1) is 0 Å². The van der Waals surface area contributed by atoms with Crippen molar-refractivity contribution in [3.8, 4) is 11.5 Å². The maximum absolute atomic E-state index is 12.6. The summed E-state index contributed by atoms with van der Waals surface area (Å²) in [5.74, 6) is 1.50. The predicted octanol–water partition coefficient (Wildman–Crippen LogP) is 0.416. The quantitative estimate of drug-likeness (QED) is 0.785. The Kier molecular flexibility index (Phi) is 3.80. The molecule has 0 radical (unpaired) electrons. The van der Waals surface area contributed by atoms with E-state index >= 15 is 0 Å². The number of carbonyl (C=O) groups excluding carboxylic acids is 2. The van der Waals surface area contributed by atoms with Gasteiger partial charge in [-0.15, -0.1) is 0 Å². The molecule has 0 bridgehead atoms. The van der Waals surface area contributed by atoms with E-state index in [-0.39, 0.29) is 30.8 Å². The standard InChI is InChI=1S/C17H20N2O5/c1-18-12-8-19(9-15(12)22-5-4-16(18)20)17(21)7-11-2-3-13-14(6-11)24-10-23-13/h2-3,6,12,15H,4-5,7-10H2,1H3/t12-,15-/m0/s1. The highest BCUT2D eigenvalue weighted by atomic mass is 16.7. The van der Waals surface area contributed by atoms with E-state index in [1.165, 1.54) is 0 Å². The van der Waals surface area contributed by atoms with E-state index in [0.29, 0.717) is 44.0 Å². The molecule has 3 aliphatic rings. The first-order valence-corrected chi connectivity index (χ1v) is 8.15. The van der Waals surface area contributed by atoms with Gasteiger partial charge in [0.25, 0.3) is 0 Å². The molecule has 7 heteroatoms. The van der Waals surface area contributed by atoms with Crippen LogP contribution in [-0.2, 0) is 20.7 Å². The minimum atomic E-state index is -0.0952. The largest absolute Gasteiger partial charge is 0.454 e. The van der Waals surface area contributed by atoms with Crippen molar-refractivity contribution < 1.29 is 23.8 Å². The third-order valence-corrected chi connectivity index (χ3v) is 4.92. The van der Waals surface area contributed by atoms with E-state index in [1.807, 2.05) is 18.2 Å². The van der Waals surface area contributed by atoms with E-state index in [2.05, 4.69) is 0 Å². The Bertz CT molecular complexity index is 677. The summed E-state index contributed by atoms with van der Waals surface area (Å²) < 4.78 is 16.4. The number of likely N-dealkylation sites (N-methyl/N-ethyl adjacent to an activating group) is 1. The number of nitrogens with zero attached hydrogens (tertiary/aromatic N) is 2. The van der Waals surface area contributed by atoms with Gasteiger partial charge in [-0.2, -0.15) is 0 Å². The zero-order valence-corrected chi connectivity index (χ0v) is 13.6. The first-order chi connectivity index (χ1) is 11.6. The lowest BCUT2D eigenvalue weighted by molar-refractivity contribution is -0.133. The van der Waals surface area contributed by atoms with Crippen molar-refractivity contribution in [2.75, 3.05) is 33.5 Å². The maximum Gasteiger partial charge on any atom is 0.231 e. The first kappa shape index (κ1) is 15.3. The number of fused-ring (bicyclic) bond motifs is 2. The Morgan fingerprint density at radius 1 is 1.25 bits per heavy atom. The lowest BCUT2D eigenvalue weighted by atomic mass is 10.1. The summed E-state index contributed by atoms with van der Waals surface area (Å²) in [6.45, 7) is 1.70. The summed E-state index contributed by atoms with van der Waals surface area (Å²) >= 11 is 0. The predicted molar refractivity (Wildman–Crippen MR) is 83.8 cm³/mol. The minimum absolute atomic E-state index is 0.0337. The zero-order valence-electron chi connectivity index (χ0n) is 13.6. The molecule has 2 amide bonds. The average Bonchev–Trinajstić information content (AvgIpc) is 3.17. The molecule has 2 saturated heterocycles. The van der Waals surface area contributed by atoms with Crippen LogP contribution in [0.1, 0.15) is 12.0 Å². The van der Waals surface area contributed by atoms with Crippen molar-refractivity contribution in [1.82, 2.24) is 9.80 Å². The van der Waals surface area contributed by atoms with Crippen LogP contribution in [0.4, 0.5) is 0 Å². The maximum atomic E-state index is 12.6. The van der Waals surface area contributed by atoms with Crippen molar-refractivity contribution in [2.45, 2.75) is 25.0 Å². The van der Waals surface area contributed by atoms with Gasteiger partial charge in [-0.3, -0.25) is 9.59 Å². The molecule has 3 aliphatic heterocycles. The molecule has 1 aromatic carbocycles. The molecule has 3 heterocycles. The highest BCUT2D eigenvalue weighted by Crippen LogP contribution is 2.33. The molecule has 0 aliphatic carbocycles. The highest BCUT2D eigenvalue weighted by molar-refractivity contribution is 5.80. The van der Waals surface area contributed by atoms with Gasteiger partial charge in [0.15, 0.2) is 11.5 Å². The fraction of sp³-hybridized carbons (Fsp3) is 0.529. The van der Waals surface area contributed by atoms with Gasteiger partial charge in [0.2, 0.25) is 18.6 Å². The van der Waals surface area contributed by atoms with Gasteiger partial charge in [0, 0.05) is 20.1 Å². The normalized spacial score (nSPS) is 25.6. The molecule has 2 fully saturated rings. The van der Waals surface area contributed by atoms with Crippen LogP contribution in [0.2, 0.25) is 0 Å². The molecule has 128 valence electrons. The van der Waals surface area contributed by atoms with Crippen molar-refractivity contribution in [3.05, 3.63) is 23.8 Å². The lowest BCUT2D eigenvalue weighted by Crippen LogP contribution is -2.43. The van der Waals surface area contributed by atoms with Gasteiger partial charge in [0.05, 0.1) is 31.6 Å². The number of carbonyl (C=O) groups is 2. The van der Waals surface area contributed by atoms with E-state index in [0.717, 1.165) is 5.56 Å². The Balaban J connectivity index is 1.43. The zero-order chi connectivity index (χ0) is 16.7. The Hall–Kier alpha value is -2.28. The monoisotopic (exact) mass is 332 g/mol. The summed E-state index contributed by atoms with van der Waals surface area (Å²) in [6.07, 6.45) is 0.615. The molecule has 2 atom stereocenters. The number of hydrogen-bond acceptors (Lipinski definition) is 5. The number of rotatable bonds is 2. The second kappa shape index (κ2) is 5.98. The van der Waals surface area contributed by atoms with Crippen molar-refractivity contribution >= 4 is 11.8 Å². The number of likely N-dealkylation sites (tertiary alicyclic amines) is 1. The van der Waals surface area contributed by atoms with Gasteiger partial charge in [-0.1, -0.05) is 6.07 Å². The fourth-order valence-electron chi connectivity index (χ4n) is 3.49. The molecule has 0 saturated carbocycles. The molecule has 0 N–H and O–H groups in total. The first-order valence-electron chi connectivity index (χ1n) is 8.15. The summed E-state index contributed by atoms with van der Waals surface area (Å²) in [7, 11) is 1.79.